The summed E-state index contributed by atoms with van der Waals surface area (Å²) in [6.45, 7) is 0. The number of H-pyrrole nitrogens is 1. The van der Waals surface area contributed by atoms with Crippen molar-refractivity contribution < 1.29 is 4.55 Å². The monoisotopic (exact) mass is 131 g/mol. The molecule has 1 rings (SSSR count). The molecule has 1 aromatic rings. The van der Waals surface area contributed by atoms with Crippen LogP contribution in [0, 0.1) is 0 Å². The van der Waals surface area contributed by atoms with Crippen molar-refractivity contribution in [2.24, 2.45) is 0 Å². The van der Waals surface area contributed by atoms with Gasteiger partial charge >= 0.3 is 5.16 Å². The highest BCUT2D eigenvalue weighted by atomic mass is 32.2. The summed E-state index contributed by atoms with van der Waals surface area (Å²) in [5, 5.41) is 7.38. The maximum absolute atomic E-state index is 10.5. The first-order valence-electron chi connectivity index (χ1n) is 2.00. The topological polar surface area (TPSA) is 64.6 Å². The third kappa shape index (κ3) is 0.988. The van der Waals surface area contributed by atoms with E-state index in [2.05, 4.69) is 15.2 Å². The third-order valence-electron chi connectivity index (χ3n) is 0.667. The van der Waals surface area contributed by atoms with E-state index in [-0.39, 0.29) is 0 Å². The van der Waals surface area contributed by atoms with Gasteiger partial charge < -0.3 is 4.55 Å². The van der Waals surface area contributed by atoms with Crippen molar-refractivity contribution >= 4 is 11.2 Å². The number of nitrogens with zero attached hydrogens (tertiary/aromatic N) is 2. The SMILES string of the molecule is C[S@@+]([O-])c1nnc[nH]1. The van der Waals surface area contributed by atoms with E-state index < -0.39 is 11.2 Å². The van der Waals surface area contributed by atoms with Crippen LogP contribution in [0.4, 0.5) is 0 Å². The maximum Gasteiger partial charge on any atom is 0.340 e. The summed E-state index contributed by atoms with van der Waals surface area (Å²) < 4.78 is 10.5. The lowest BCUT2D eigenvalue weighted by Gasteiger charge is -1.94. The summed E-state index contributed by atoms with van der Waals surface area (Å²) in [7, 11) is 0. The zero-order valence-corrected chi connectivity index (χ0v) is 5.10. The van der Waals surface area contributed by atoms with E-state index in [0.29, 0.717) is 5.16 Å². The number of hydrogen-bond donors (Lipinski definition) is 1. The van der Waals surface area contributed by atoms with E-state index >= 15 is 0 Å². The molecule has 0 radical (unpaired) electrons. The molecule has 1 N–H and O–H groups in total. The summed E-state index contributed by atoms with van der Waals surface area (Å²) in [4.78, 5) is 2.61. The molecule has 0 aliphatic rings. The summed E-state index contributed by atoms with van der Waals surface area (Å²) >= 11 is -1.03. The summed E-state index contributed by atoms with van der Waals surface area (Å²) in [5.74, 6) is 0. The minimum atomic E-state index is -1.03. The zero-order valence-electron chi connectivity index (χ0n) is 4.29. The van der Waals surface area contributed by atoms with Gasteiger partial charge in [0, 0.05) is 11.2 Å². The second-order valence-corrected chi connectivity index (χ2v) is 2.54. The number of rotatable bonds is 1. The van der Waals surface area contributed by atoms with Gasteiger partial charge in [-0.3, -0.25) is 4.98 Å². The van der Waals surface area contributed by atoms with Crippen molar-refractivity contribution in [1.82, 2.24) is 15.2 Å². The van der Waals surface area contributed by atoms with Crippen LogP contribution in [0.3, 0.4) is 0 Å². The molecular weight excluding hydrogens is 126 g/mol. The molecule has 0 aromatic carbocycles. The largest absolute Gasteiger partial charge is 0.609 e. The van der Waals surface area contributed by atoms with Crippen molar-refractivity contribution in [3.8, 4) is 0 Å². The Morgan fingerprint density at radius 1 is 1.88 bits per heavy atom. The Labute approximate surface area is 49.5 Å². The van der Waals surface area contributed by atoms with Gasteiger partial charge in [0.1, 0.15) is 12.6 Å². The highest BCUT2D eigenvalue weighted by molar-refractivity contribution is 7.90. The molecule has 0 aliphatic carbocycles. The molecule has 8 heavy (non-hydrogen) atoms. The van der Waals surface area contributed by atoms with Crippen molar-refractivity contribution in [3.63, 3.8) is 0 Å². The average Bonchev–Trinajstić information content (AvgIpc) is 2.12. The zero-order chi connectivity index (χ0) is 5.98. The van der Waals surface area contributed by atoms with Gasteiger partial charge in [0.25, 0.3) is 0 Å². The van der Waals surface area contributed by atoms with Crippen LogP contribution in [0.1, 0.15) is 0 Å². The van der Waals surface area contributed by atoms with E-state index in [1.54, 1.807) is 6.26 Å². The minimum Gasteiger partial charge on any atom is -0.609 e. The van der Waals surface area contributed by atoms with Gasteiger partial charge in [-0.15, -0.1) is 5.10 Å². The molecule has 0 bridgehead atoms. The van der Waals surface area contributed by atoms with Crippen LogP contribution >= 0.6 is 0 Å². The van der Waals surface area contributed by atoms with Crippen LogP contribution in [0.5, 0.6) is 0 Å². The molecule has 1 heterocycles. The fourth-order valence-corrected chi connectivity index (χ4v) is 0.716. The van der Waals surface area contributed by atoms with Crippen LogP contribution < -0.4 is 0 Å². The van der Waals surface area contributed by atoms with Gasteiger partial charge in [0.05, 0.1) is 0 Å². The Hall–Kier alpha value is -0.550. The quantitative estimate of drug-likeness (QED) is 0.524. The Balaban J connectivity index is 2.77. The van der Waals surface area contributed by atoms with Gasteiger partial charge in [0.2, 0.25) is 0 Å². The van der Waals surface area contributed by atoms with Gasteiger partial charge in [0.15, 0.2) is 0 Å². The highest BCUT2D eigenvalue weighted by Gasteiger charge is 2.04. The summed E-state index contributed by atoms with van der Waals surface area (Å²) in [6, 6.07) is 0. The first-order valence-corrected chi connectivity index (χ1v) is 3.56. The van der Waals surface area contributed by atoms with Gasteiger partial charge in [-0.25, -0.2) is 0 Å². The normalized spacial score (nSPS) is 13.8. The maximum atomic E-state index is 10.5. The lowest BCUT2D eigenvalue weighted by Crippen LogP contribution is -1.98. The average molecular weight is 131 g/mol. The number of hydrogen-bond acceptors (Lipinski definition) is 3. The Kier molecular flexibility index (Phi) is 1.50. The van der Waals surface area contributed by atoms with Crippen molar-refractivity contribution in [2.75, 3.05) is 6.26 Å². The van der Waals surface area contributed by atoms with Crippen LogP contribution in [0.25, 0.3) is 0 Å². The molecule has 0 saturated heterocycles. The van der Waals surface area contributed by atoms with Gasteiger partial charge in [-0.05, 0) is 0 Å². The van der Waals surface area contributed by atoms with E-state index in [1.807, 2.05) is 0 Å². The predicted octanol–water partition coefficient (Wildman–Crippen LogP) is -0.458. The standard InChI is InChI=1S/C3H5N3OS/c1-8(7)3-4-2-5-6-3/h2H,1H3,(H,4,5,6)/t8-/m1/s1. The van der Waals surface area contributed by atoms with E-state index in [0.717, 1.165) is 0 Å². The van der Waals surface area contributed by atoms with Gasteiger partial charge in [-0.2, -0.15) is 0 Å². The predicted molar refractivity (Wildman–Crippen MR) is 28.7 cm³/mol. The Morgan fingerprint density at radius 2 is 2.62 bits per heavy atom. The molecule has 4 nitrogen and oxygen atoms in total. The van der Waals surface area contributed by atoms with Crippen LogP contribution in [0.15, 0.2) is 11.5 Å². The van der Waals surface area contributed by atoms with E-state index in [9.17, 15) is 4.55 Å². The second kappa shape index (κ2) is 2.15. The highest BCUT2D eigenvalue weighted by Crippen LogP contribution is 1.94. The Bertz CT molecular complexity index is 150. The molecule has 0 spiro atoms. The number of aromatic amines is 1. The minimum absolute atomic E-state index is 0.421. The fraction of sp³-hybridized carbons (Fsp3) is 0.333. The first-order chi connectivity index (χ1) is 3.80. The fourth-order valence-electron chi connectivity index (χ4n) is 0.335. The molecule has 44 valence electrons. The molecule has 0 unspecified atom stereocenters. The van der Waals surface area contributed by atoms with Gasteiger partial charge in [-0.1, -0.05) is 5.10 Å². The van der Waals surface area contributed by atoms with E-state index in [1.165, 1.54) is 6.33 Å². The molecule has 1 aromatic heterocycles. The van der Waals surface area contributed by atoms with Crippen molar-refractivity contribution in [2.45, 2.75) is 5.16 Å². The smallest absolute Gasteiger partial charge is 0.340 e. The summed E-state index contributed by atoms with van der Waals surface area (Å²) in [5.41, 5.74) is 0. The van der Waals surface area contributed by atoms with Crippen molar-refractivity contribution in [3.05, 3.63) is 6.33 Å². The van der Waals surface area contributed by atoms with Crippen LogP contribution in [-0.2, 0) is 11.2 Å². The van der Waals surface area contributed by atoms with E-state index in [4.69, 9.17) is 0 Å². The van der Waals surface area contributed by atoms with Crippen LogP contribution in [-0.4, -0.2) is 26.0 Å². The molecule has 0 aliphatic heterocycles. The lowest BCUT2D eigenvalue weighted by atomic mass is 11.3. The van der Waals surface area contributed by atoms with Crippen LogP contribution in [0.2, 0.25) is 0 Å². The molecular formula is C3H5N3OS. The first kappa shape index (κ1) is 5.58. The number of nitrogens with one attached hydrogen (secondary N) is 1. The summed E-state index contributed by atoms with van der Waals surface area (Å²) in [6.07, 6.45) is 2.94. The second-order valence-electron chi connectivity index (χ2n) is 1.25. The third-order valence-corrected chi connectivity index (χ3v) is 1.41. The molecule has 1 atom stereocenters. The molecule has 0 fully saturated rings. The molecule has 5 heteroatoms. The Morgan fingerprint density at radius 3 is 2.88 bits per heavy atom. The molecule has 0 amide bonds. The molecule has 0 saturated carbocycles. The lowest BCUT2D eigenvalue weighted by molar-refractivity contribution is 0.593. The van der Waals surface area contributed by atoms with Crippen molar-refractivity contribution in [1.29, 1.82) is 0 Å². The number of aromatic nitrogens is 3.